The molecule has 0 spiro atoms. The summed E-state index contributed by atoms with van der Waals surface area (Å²) in [5, 5.41) is 13.2. The van der Waals surface area contributed by atoms with Gasteiger partial charge < -0.3 is 10.4 Å². The second-order valence-corrected chi connectivity index (χ2v) is 5.96. The van der Waals surface area contributed by atoms with Gasteiger partial charge in [0, 0.05) is 5.92 Å². The number of alkyl halides is 3. The molecule has 0 aliphatic heterocycles. The molecule has 1 aromatic heterocycles. The number of anilines is 1. The molecule has 0 radical (unpaired) electrons. The highest BCUT2D eigenvalue weighted by Gasteiger charge is 2.42. The van der Waals surface area contributed by atoms with E-state index >= 15 is 0 Å². The smallest absolute Gasteiger partial charge is 0.391 e. The van der Waals surface area contributed by atoms with Crippen LogP contribution in [0, 0.1) is 11.8 Å². The van der Waals surface area contributed by atoms with Crippen LogP contribution in [0.15, 0.2) is 11.4 Å². The molecular formula is C13H14F3NO3S. The summed E-state index contributed by atoms with van der Waals surface area (Å²) in [6.45, 7) is 0. The van der Waals surface area contributed by atoms with Gasteiger partial charge in [0.1, 0.15) is 5.00 Å². The number of hydrogen-bond acceptors (Lipinski definition) is 3. The fourth-order valence-electron chi connectivity index (χ4n) is 2.47. The van der Waals surface area contributed by atoms with Gasteiger partial charge in [-0.1, -0.05) is 0 Å². The van der Waals surface area contributed by atoms with Gasteiger partial charge >= 0.3 is 12.1 Å². The zero-order chi connectivity index (χ0) is 15.6. The monoisotopic (exact) mass is 321 g/mol. The van der Waals surface area contributed by atoms with Crippen LogP contribution < -0.4 is 5.32 Å². The van der Waals surface area contributed by atoms with E-state index in [4.69, 9.17) is 5.11 Å². The first-order valence-corrected chi connectivity index (χ1v) is 7.35. The second-order valence-electron chi connectivity index (χ2n) is 5.05. The number of nitrogens with one attached hydrogen (secondary N) is 1. The van der Waals surface area contributed by atoms with Gasteiger partial charge in [0.25, 0.3) is 0 Å². The van der Waals surface area contributed by atoms with Crippen LogP contribution in [0.1, 0.15) is 36.0 Å². The predicted molar refractivity (Wildman–Crippen MR) is 71.4 cm³/mol. The van der Waals surface area contributed by atoms with E-state index in [2.05, 4.69) is 5.32 Å². The van der Waals surface area contributed by atoms with E-state index in [0.29, 0.717) is 0 Å². The molecule has 1 amide bonds. The van der Waals surface area contributed by atoms with Gasteiger partial charge in [0.15, 0.2) is 0 Å². The highest BCUT2D eigenvalue weighted by molar-refractivity contribution is 7.14. The van der Waals surface area contributed by atoms with Crippen LogP contribution in [-0.2, 0) is 4.79 Å². The van der Waals surface area contributed by atoms with Gasteiger partial charge in [-0.15, -0.1) is 11.3 Å². The van der Waals surface area contributed by atoms with Crippen LogP contribution >= 0.6 is 11.3 Å². The molecule has 1 aliphatic carbocycles. The average molecular weight is 321 g/mol. The second kappa shape index (κ2) is 6.05. The highest BCUT2D eigenvalue weighted by atomic mass is 32.1. The van der Waals surface area contributed by atoms with Crippen molar-refractivity contribution in [1.82, 2.24) is 0 Å². The molecule has 116 valence electrons. The first kappa shape index (κ1) is 15.8. The summed E-state index contributed by atoms with van der Waals surface area (Å²) in [4.78, 5) is 22.9. The van der Waals surface area contributed by atoms with Gasteiger partial charge in [0.2, 0.25) is 5.91 Å². The number of aromatic carboxylic acids is 1. The summed E-state index contributed by atoms with van der Waals surface area (Å²) in [5.74, 6) is -3.38. The van der Waals surface area contributed by atoms with E-state index < -0.39 is 29.9 Å². The van der Waals surface area contributed by atoms with Crippen LogP contribution in [-0.4, -0.2) is 23.2 Å². The van der Waals surface area contributed by atoms with E-state index in [0.717, 1.165) is 11.3 Å². The van der Waals surface area contributed by atoms with Crippen molar-refractivity contribution in [3.05, 3.63) is 17.0 Å². The Morgan fingerprint density at radius 2 is 1.86 bits per heavy atom. The molecule has 1 saturated carbocycles. The molecule has 1 heterocycles. The molecule has 4 nitrogen and oxygen atoms in total. The maximum atomic E-state index is 12.6. The number of halogens is 3. The fraction of sp³-hybridized carbons (Fsp3) is 0.538. The number of thiophene rings is 1. The molecule has 8 heteroatoms. The SMILES string of the molecule is O=C(O)c1ccsc1NC(=O)C1CCC(C(F)(F)F)CC1. The number of hydrogen-bond donors (Lipinski definition) is 2. The number of carbonyl (C=O) groups excluding carboxylic acids is 1. The lowest BCUT2D eigenvalue weighted by Gasteiger charge is -2.29. The van der Waals surface area contributed by atoms with E-state index in [-0.39, 0.29) is 36.2 Å². The molecular weight excluding hydrogens is 307 g/mol. The van der Waals surface area contributed by atoms with Crippen molar-refractivity contribution in [3.63, 3.8) is 0 Å². The quantitative estimate of drug-likeness (QED) is 0.891. The molecule has 0 aromatic carbocycles. The Bertz CT molecular complexity index is 533. The molecule has 2 N–H and O–H groups in total. The Morgan fingerprint density at radius 1 is 1.24 bits per heavy atom. The first-order chi connectivity index (χ1) is 9.79. The van der Waals surface area contributed by atoms with Crippen molar-refractivity contribution < 1.29 is 27.9 Å². The molecule has 1 aliphatic rings. The van der Waals surface area contributed by atoms with Crippen LogP contribution in [0.5, 0.6) is 0 Å². The molecule has 0 atom stereocenters. The number of carboxylic acids is 1. The topological polar surface area (TPSA) is 66.4 Å². The lowest BCUT2D eigenvalue weighted by molar-refractivity contribution is -0.184. The van der Waals surface area contributed by atoms with Crippen LogP contribution in [0.4, 0.5) is 18.2 Å². The van der Waals surface area contributed by atoms with Gasteiger partial charge in [0.05, 0.1) is 11.5 Å². The van der Waals surface area contributed by atoms with Gasteiger partial charge in [-0.3, -0.25) is 4.79 Å². The molecule has 2 rings (SSSR count). The normalized spacial score (nSPS) is 22.8. The van der Waals surface area contributed by atoms with Gasteiger partial charge in [-0.05, 0) is 37.1 Å². The molecule has 1 fully saturated rings. The Morgan fingerprint density at radius 3 is 2.38 bits per heavy atom. The summed E-state index contributed by atoms with van der Waals surface area (Å²) >= 11 is 1.08. The van der Waals surface area contributed by atoms with Crippen molar-refractivity contribution in [3.8, 4) is 0 Å². The lowest BCUT2D eigenvalue weighted by atomic mass is 9.81. The molecule has 21 heavy (non-hydrogen) atoms. The number of amides is 1. The summed E-state index contributed by atoms with van der Waals surface area (Å²) in [7, 11) is 0. The van der Waals surface area contributed by atoms with Crippen molar-refractivity contribution in [2.24, 2.45) is 11.8 Å². The van der Waals surface area contributed by atoms with Crippen molar-refractivity contribution in [2.75, 3.05) is 5.32 Å². The largest absolute Gasteiger partial charge is 0.478 e. The van der Waals surface area contributed by atoms with Crippen molar-refractivity contribution in [2.45, 2.75) is 31.9 Å². The summed E-state index contributed by atoms with van der Waals surface area (Å²) in [5.41, 5.74) is -0.00247. The van der Waals surface area contributed by atoms with E-state index in [1.54, 1.807) is 5.38 Å². The van der Waals surface area contributed by atoms with Crippen LogP contribution in [0.2, 0.25) is 0 Å². The Kier molecular flexibility index (Phi) is 4.55. The highest BCUT2D eigenvalue weighted by Crippen LogP contribution is 2.40. The van der Waals surface area contributed by atoms with Crippen LogP contribution in [0.25, 0.3) is 0 Å². The average Bonchev–Trinajstić information content (AvgIpc) is 2.86. The van der Waals surface area contributed by atoms with Crippen molar-refractivity contribution >= 4 is 28.2 Å². The summed E-state index contributed by atoms with van der Waals surface area (Å²) in [6, 6.07) is 1.38. The third kappa shape index (κ3) is 3.75. The molecule has 0 saturated heterocycles. The maximum Gasteiger partial charge on any atom is 0.391 e. The Hall–Kier alpha value is -1.57. The molecule has 0 unspecified atom stereocenters. The first-order valence-electron chi connectivity index (χ1n) is 6.47. The summed E-state index contributed by atoms with van der Waals surface area (Å²) in [6.07, 6.45) is -3.98. The zero-order valence-electron chi connectivity index (χ0n) is 10.9. The minimum atomic E-state index is -4.20. The van der Waals surface area contributed by atoms with Gasteiger partial charge in [-0.2, -0.15) is 13.2 Å². The van der Waals surface area contributed by atoms with E-state index in [1.807, 2.05) is 0 Å². The third-order valence-corrected chi connectivity index (χ3v) is 4.52. The third-order valence-electron chi connectivity index (χ3n) is 3.69. The minimum absolute atomic E-state index is 0.00247. The lowest BCUT2D eigenvalue weighted by Crippen LogP contribution is -2.32. The maximum absolute atomic E-state index is 12.6. The minimum Gasteiger partial charge on any atom is -0.478 e. The standard InChI is InChI=1S/C13H14F3NO3S/c14-13(15,16)8-3-1-7(2-4-8)10(18)17-11-9(12(19)20)5-6-21-11/h5-8H,1-4H2,(H,17,18)(H,19,20). The Balaban J connectivity index is 1.94. The summed E-state index contributed by atoms with van der Waals surface area (Å²) < 4.78 is 37.7. The fourth-order valence-corrected chi connectivity index (χ4v) is 3.25. The number of carbonyl (C=O) groups is 2. The molecule has 0 bridgehead atoms. The van der Waals surface area contributed by atoms with Crippen LogP contribution in [0.3, 0.4) is 0 Å². The number of carboxylic acid groups (broad SMARTS) is 1. The number of rotatable bonds is 3. The Labute approximate surface area is 123 Å². The van der Waals surface area contributed by atoms with Gasteiger partial charge in [-0.25, -0.2) is 4.79 Å². The van der Waals surface area contributed by atoms with Crippen molar-refractivity contribution in [1.29, 1.82) is 0 Å². The predicted octanol–water partition coefficient (Wildman–Crippen LogP) is 3.75. The van der Waals surface area contributed by atoms with E-state index in [9.17, 15) is 22.8 Å². The molecule has 1 aromatic rings. The zero-order valence-corrected chi connectivity index (χ0v) is 11.8. The van der Waals surface area contributed by atoms with E-state index in [1.165, 1.54) is 6.07 Å².